The third-order valence-corrected chi connectivity index (χ3v) is 3.79. The van der Waals surface area contributed by atoms with Crippen LogP contribution in [-0.2, 0) is 20.9 Å². The summed E-state index contributed by atoms with van der Waals surface area (Å²) >= 11 is 0. The second kappa shape index (κ2) is 7.16. The normalized spacial score (nSPS) is 14.0. The lowest BCUT2D eigenvalue weighted by Crippen LogP contribution is -2.39. The van der Waals surface area contributed by atoms with Gasteiger partial charge in [-0.3, -0.25) is 19.3 Å². The molecule has 3 rings (SSSR count). The number of nitrogens with one attached hydrogen (secondary N) is 1. The molecule has 2 aromatic rings. The monoisotopic (exact) mass is 342 g/mol. The van der Waals surface area contributed by atoms with Crippen molar-refractivity contribution >= 4 is 17.7 Å². The Bertz CT molecular complexity index is 807. The zero-order valence-corrected chi connectivity index (χ0v) is 13.2. The van der Waals surface area contributed by atoms with Crippen LogP contribution in [0.15, 0.2) is 36.7 Å². The van der Waals surface area contributed by atoms with Crippen LogP contribution in [0.1, 0.15) is 18.5 Å². The first-order valence-electron chi connectivity index (χ1n) is 7.69. The Kier molecular flexibility index (Phi) is 4.78. The lowest BCUT2D eigenvalue weighted by atomic mass is 10.1. The van der Waals surface area contributed by atoms with Crippen LogP contribution >= 0.6 is 0 Å². The van der Waals surface area contributed by atoms with E-state index >= 15 is 0 Å². The first-order chi connectivity index (χ1) is 12.0. The SMILES string of the molecule is O=C(CN1C(=O)CCC1=O)NCc1cc(-c2ccc(F)cc2)ncn1. The smallest absolute Gasteiger partial charge is 0.240 e. The molecule has 1 fully saturated rings. The Morgan fingerprint density at radius 1 is 1.12 bits per heavy atom. The van der Waals surface area contributed by atoms with Crippen LogP contribution in [-0.4, -0.2) is 39.1 Å². The number of hydrogen-bond donors (Lipinski definition) is 1. The molecule has 1 saturated heterocycles. The first kappa shape index (κ1) is 16.7. The van der Waals surface area contributed by atoms with Crippen molar-refractivity contribution in [3.8, 4) is 11.3 Å². The second-order valence-corrected chi connectivity index (χ2v) is 5.55. The Morgan fingerprint density at radius 3 is 2.48 bits per heavy atom. The number of hydrogen-bond acceptors (Lipinski definition) is 5. The van der Waals surface area contributed by atoms with E-state index in [1.807, 2.05) is 0 Å². The standard InChI is InChI=1S/C17H15FN4O3/c18-12-3-1-11(2-4-12)14-7-13(20-10-21-14)8-19-15(23)9-22-16(24)5-6-17(22)25/h1-4,7,10H,5-6,8-9H2,(H,19,23). The highest BCUT2D eigenvalue weighted by Crippen LogP contribution is 2.17. The molecule has 0 radical (unpaired) electrons. The van der Waals surface area contributed by atoms with E-state index in [0.717, 1.165) is 10.5 Å². The second-order valence-electron chi connectivity index (χ2n) is 5.55. The van der Waals surface area contributed by atoms with Gasteiger partial charge in [0.1, 0.15) is 18.7 Å². The molecular formula is C17H15FN4O3. The van der Waals surface area contributed by atoms with Crippen LogP contribution in [0.2, 0.25) is 0 Å². The van der Waals surface area contributed by atoms with Crippen molar-refractivity contribution in [3.05, 3.63) is 48.2 Å². The molecule has 1 aliphatic heterocycles. The zero-order chi connectivity index (χ0) is 17.8. The maximum atomic E-state index is 13.0. The summed E-state index contributed by atoms with van der Waals surface area (Å²) in [6, 6.07) is 7.56. The first-order valence-corrected chi connectivity index (χ1v) is 7.69. The van der Waals surface area contributed by atoms with Crippen molar-refractivity contribution in [1.82, 2.24) is 20.2 Å². The van der Waals surface area contributed by atoms with Crippen LogP contribution in [0.3, 0.4) is 0 Å². The highest BCUT2D eigenvalue weighted by molar-refractivity contribution is 6.04. The molecule has 25 heavy (non-hydrogen) atoms. The van der Waals surface area contributed by atoms with Crippen LogP contribution in [0.25, 0.3) is 11.3 Å². The number of rotatable bonds is 5. The van der Waals surface area contributed by atoms with Gasteiger partial charge < -0.3 is 5.32 Å². The van der Waals surface area contributed by atoms with Crippen LogP contribution in [0.4, 0.5) is 4.39 Å². The third kappa shape index (κ3) is 4.03. The summed E-state index contributed by atoms with van der Waals surface area (Å²) in [5.74, 6) is -1.44. The summed E-state index contributed by atoms with van der Waals surface area (Å²) in [7, 11) is 0. The summed E-state index contributed by atoms with van der Waals surface area (Å²) in [5, 5.41) is 2.62. The highest BCUT2D eigenvalue weighted by Gasteiger charge is 2.30. The van der Waals surface area contributed by atoms with Crippen molar-refractivity contribution in [2.24, 2.45) is 0 Å². The van der Waals surface area contributed by atoms with E-state index in [1.165, 1.54) is 18.5 Å². The zero-order valence-electron chi connectivity index (χ0n) is 13.2. The highest BCUT2D eigenvalue weighted by atomic mass is 19.1. The van der Waals surface area contributed by atoms with E-state index in [4.69, 9.17) is 0 Å². The molecule has 7 nitrogen and oxygen atoms in total. The average Bonchev–Trinajstić information content (AvgIpc) is 2.93. The number of nitrogens with zero attached hydrogens (tertiary/aromatic N) is 3. The lowest BCUT2D eigenvalue weighted by molar-refractivity contribution is -0.142. The molecule has 1 N–H and O–H groups in total. The molecule has 3 amide bonds. The van der Waals surface area contributed by atoms with Gasteiger partial charge in [-0.2, -0.15) is 0 Å². The minimum atomic E-state index is -0.439. The molecule has 1 aromatic heterocycles. The topological polar surface area (TPSA) is 92.3 Å². The van der Waals surface area contributed by atoms with E-state index < -0.39 is 5.91 Å². The maximum Gasteiger partial charge on any atom is 0.240 e. The predicted octanol–water partition coefficient (Wildman–Crippen LogP) is 1.05. The summed E-state index contributed by atoms with van der Waals surface area (Å²) in [5.41, 5.74) is 1.88. The van der Waals surface area contributed by atoms with Crippen LogP contribution < -0.4 is 5.32 Å². The molecule has 0 unspecified atom stereocenters. The number of benzene rings is 1. The molecule has 128 valence electrons. The number of amides is 3. The molecule has 0 bridgehead atoms. The number of carbonyl (C=O) groups excluding carboxylic acids is 3. The van der Waals surface area contributed by atoms with E-state index in [2.05, 4.69) is 15.3 Å². The van der Waals surface area contributed by atoms with Gasteiger partial charge in [-0.25, -0.2) is 14.4 Å². The van der Waals surface area contributed by atoms with Gasteiger partial charge >= 0.3 is 0 Å². The predicted molar refractivity (Wildman–Crippen MR) is 85.2 cm³/mol. The fourth-order valence-electron chi connectivity index (χ4n) is 2.46. The summed E-state index contributed by atoms with van der Waals surface area (Å²) < 4.78 is 13.0. The van der Waals surface area contributed by atoms with Gasteiger partial charge in [-0.05, 0) is 30.3 Å². The van der Waals surface area contributed by atoms with Crippen molar-refractivity contribution < 1.29 is 18.8 Å². The summed E-state index contributed by atoms with van der Waals surface area (Å²) in [4.78, 5) is 44.1. The number of imide groups is 1. The molecule has 0 atom stereocenters. The lowest BCUT2D eigenvalue weighted by Gasteiger charge is -2.13. The van der Waals surface area contributed by atoms with Crippen molar-refractivity contribution in [1.29, 1.82) is 0 Å². The van der Waals surface area contributed by atoms with Gasteiger partial charge in [0.05, 0.1) is 17.9 Å². The van der Waals surface area contributed by atoms with Crippen LogP contribution in [0, 0.1) is 5.82 Å². The van der Waals surface area contributed by atoms with Crippen LogP contribution in [0.5, 0.6) is 0 Å². The molecule has 0 spiro atoms. The maximum absolute atomic E-state index is 13.0. The molecule has 0 aliphatic carbocycles. The Morgan fingerprint density at radius 2 is 1.80 bits per heavy atom. The minimum Gasteiger partial charge on any atom is -0.349 e. The minimum absolute atomic E-state index is 0.131. The van der Waals surface area contributed by atoms with Gasteiger partial charge in [0.15, 0.2) is 0 Å². The number of halogens is 1. The fourth-order valence-corrected chi connectivity index (χ4v) is 2.46. The van der Waals surface area contributed by atoms with Gasteiger partial charge in [0.25, 0.3) is 0 Å². The van der Waals surface area contributed by atoms with Crippen molar-refractivity contribution in [2.45, 2.75) is 19.4 Å². The van der Waals surface area contributed by atoms with Gasteiger partial charge in [-0.15, -0.1) is 0 Å². The number of aromatic nitrogens is 2. The number of carbonyl (C=O) groups is 3. The van der Waals surface area contributed by atoms with E-state index in [-0.39, 0.29) is 43.6 Å². The van der Waals surface area contributed by atoms with E-state index in [9.17, 15) is 18.8 Å². The Labute approximate surface area is 142 Å². The fraction of sp³-hybridized carbons (Fsp3) is 0.235. The number of likely N-dealkylation sites (tertiary alicyclic amines) is 1. The molecule has 0 saturated carbocycles. The quantitative estimate of drug-likeness (QED) is 0.820. The van der Waals surface area contributed by atoms with Gasteiger partial charge in [-0.1, -0.05) is 0 Å². The third-order valence-electron chi connectivity index (χ3n) is 3.79. The Hall–Kier alpha value is -3.16. The van der Waals surface area contributed by atoms with Gasteiger partial charge in [0.2, 0.25) is 17.7 Å². The molecule has 2 heterocycles. The van der Waals surface area contributed by atoms with E-state index in [1.54, 1.807) is 18.2 Å². The molecule has 8 heteroatoms. The van der Waals surface area contributed by atoms with Gasteiger partial charge in [0, 0.05) is 18.4 Å². The largest absolute Gasteiger partial charge is 0.349 e. The van der Waals surface area contributed by atoms with Crippen molar-refractivity contribution in [2.75, 3.05) is 6.54 Å². The summed E-state index contributed by atoms with van der Waals surface area (Å²) in [6.07, 6.45) is 1.66. The molecule has 1 aliphatic rings. The Balaban J connectivity index is 1.61. The van der Waals surface area contributed by atoms with Crippen molar-refractivity contribution in [3.63, 3.8) is 0 Å². The average molecular weight is 342 g/mol. The molecule has 1 aromatic carbocycles. The summed E-state index contributed by atoms with van der Waals surface area (Å²) in [6.45, 7) is -0.153. The molecular weight excluding hydrogens is 327 g/mol. The van der Waals surface area contributed by atoms with E-state index in [0.29, 0.717) is 11.4 Å².